The smallest absolute Gasteiger partial charge is 0.410 e. The molecule has 4 aromatic rings. The summed E-state index contributed by atoms with van der Waals surface area (Å²) in [6.45, 7) is 4.90. The van der Waals surface area contributed by atoms with Gasteiger partial charge in [-0.3, -0.25) is 0 Å². The number of halogens is 3. The molecule has 0 bridgehead atoms. The third-order valence-corrected chi connectivity index (χ3v) is 5.64. The molecule has 4 nitrogen and oxygen atoms in total. The monoisotopic (exact) mass is 452 g/mol. The summed E-state index contributed by atoms with van der Waals surface area (Å²) >= 11 is 0. The second-order valence-electron chi connectivity index (χ2n) is 7.58. The number of carbonyl (C=O) groups is 1. The molecule has 4 rings (SSSR count). The van der Waals surface area contributed by atoms with E-state index in [1.165, 1.54) is 17.0 Å². The van der Waals surface area contributed by atoms with Gasteiger partial charge in [-0.2, -0.15) is 0 Å². The molecule has 0 saturated carbocycles. The van der Waals surface area contributed by atoms with Gasteiger partial charge in [-0.15, -0.1) is 0 Å². The summed E-state index contributed by atoms with van der Waals surface area (Å²) in [4.78, 5) is 14.1. The van der Waals surface area contributed by atoms with E-state index in [9.17, 15) is 18.0 Å². The van der Waals surface area contributed by atoms with E-state index >= 15 is 0 Å². The van der Waals surface area contributed by atoms with Crippen LogP contribution in [0.5, 0.6) is 5.75 Å². The second-order valence-corrected chi connectivity index (χ2v) is 7.58. The van der Waals surface area contributed by atoms with Crippen molar-refractivity contribution in [2.24, 2.45) is 0 Å². The number of carbonyl (C=O) groups excluding carboxylic acids is 1. The van der Waals surface area contributed by atoms with Crippen molar-refractivity contribution in [3.63, 3.8) is 0 Å². The Bertz CT molecular complexity index is 1310. The molecule has 7 heteroatoms. The van der Waals surface area contributed by atoms with Crippen LogP contribution >= 0.6 is 0 Å². The summed E-state index contributed by atoms with van der Waals surface area (Å²) in [7, 11) is 0. The van der Waals surface area contributed by atoms with Crippen molar-refractivity contribution in [1.29, 1.82) is 0 Å². The molecule has 0 aliphatic rings. The lowest BCUT2D eigenvalue weighted by Crippen LogP contribution is -2.33. The first-order chi connectivity index (χ1) is 15.9. The number of ether oxygens (including phenoxy) is 1. The highest BCUT2D eigenvalue weighted by molar-refractivity contribution is 5.99. The van der Waals surface area contributed by atoms with Crippen LogP contribution in [0.1, 0.15) is 19.4 Å². The lowest BCUT2D eigenvalue weighted by molar-refractivity contribution is 0.157. The fourth-order valence-corrected chi connectivity index (χ4v) is 3.88. The third kappa shape index (κ3) is 4.44. The standard InChI is InChI=1S/C26H23F3N2O2/c1-3-30(4-2)26(32)33-24-12-11-23-19(25(24)17-9-10-21(28)22(29)15-17)13-14-31(23)16-18-7-5-6-8-20(18)27/h5-15H,3-4,16H2,1-2H3. The zero-order valence-corrected chi connectivity index (χ0v) is 18.3. The lowest BCUT2D eigenvalue weighted by atomic mass is 10.00. The fraction of sp³-hybridized carbons (Fsp3) is 0.192. The van der Waals surface area contributed by atoms with E-state index in [1.807, 2.05) is 18.4 Å². The van der Waals surface area contributed by atoms with Crippen LogP contribution in [0.25, 0.3) is 22.0 Å². The van der Waals surface area contributed by atoms with Crippen LogP contribution in [0.15, 0.2) is 66.9 Å². The van der Waals surface area contributed by atoms with Gasteiger partial charge in [-0.1, -0.05) is 24.3 Å². The number of benzene rings is 3. The highest BCUT2D eigenvalue weighted by Crippen LogP contribution is 2.38. The van der Waals surface area contributed by atoms with E-state index in [0.29, 0.717) is 35.2 Å². The van der Waals surface area contributed by atoms with Crippen molar-refractivity contribution < 1.29 is 22.7 Å². The Kier molecular flexibility index (Phi) is 6.40. The zero-order chi connectivity index (χ0) is 23.5. The normalized spacial score (nSPS) is 11.1. The third-order valence-electron chi connectivity index (χ3n) is 5.64. The average Bonchev–Trinajstić information content (AvgIpc) is 3.21. The van der Waals surface area contributed by atoms with Crippen LogP contribution in [0, 0.1) is 17.5 Å². The Hall–Kier alpha value is -3.74. The van der Waals surface area contributed by atoms with Gasteiger partial charge >= 0.3 is 6.09 Å². The molecule has 0 fully saturated rings. The van der Waals surface area contributed by atoms with Crippen molar-refractivity contribution in [3.8, 4) is 16.9 Å². The van der Waals surface area contributed by atoms with Gasteiger partial charge in [-0.05, 0) is 55.8 Å². The van der Waals surface area contributed by atoms with Crippen LogP contribution in [-0.2, 0) is 6.54 Å². The predicted octanol–water partition coefficient (Wildman–Crippen LogP) is 6.61. The van der Waals surface area contributed by atoms with Crippen molar-refractivity contribution in [2.45, 2.75) is 20.4 Å². The van der Waals surface area contributed by atoms with E-state index in [-0.39, 0.29) is 18.1 Å². The van der Waals surface area contributed by atoms with Crippen LogP contribution in [0.3, 0.4) is 0 Å². The number of nitrogens with zero attached hydrogens (tertiary/aromatic N) is 2. The van der Waals surface area contributed by atoms with E-state index in [2.05, 4.69) is 0 Å². The molecule has 0 radical (unpaired) electrons. The zero-order valence-electron chi connectivity index (χ0n) is 18.3. The first-order valence-corrected chi connectivity index (χ1v) is 10.7. The second kappa shape index (κ2) is 9.40. The maximum Gasteiger partial charge on any atom is 0.415 e. The maximum atomic E-state index is 14.2. The van der Waals surface area contributed by atoms with E-state index in [0.717, 1.165) is 17.6 Å². The number of fused-ring (bicyclic) bond motifs is 1. The highest BCUT2D eigenvalue weighted by Gasteiger charge is 2.20. The van der Waals surface area contributed by atoms with E-state index in [1.54, 1.807) is 42.6 Å². The quantitative estimate of drug-likeness (QED) is 0.330. The van der Waals surface area contributed by atoms with Crippen molar-refractivity contribution in [2.75, 3.05) is 13.1 Å². The van der Waals surface area contributed by atoms with Gasteiger partial charge in [0.1, 0.15) is 11.6 Å². The molecule has 0 unspecified atom stereocenters. The fourth-order valence-electron chi connectivity index (χ4n) is 3.88. The first-order valence-electron chi connectivity index (χ1n) is 10.7. The molecule has 1 aromatic heterocycles. The first kappa shape index (κ1) is 22.5. The molecule has 33 heavy (non-hydrogen) atoms. The van der Waals surface area contributed by atoms with Crippen molar-refractivity contribution in [3.05, 3.63) is 89.9 Å². The number of aromatic nitrogens is 1. The summed E-state index contributed by atoms with van der Waals surface area (Å²) in [5, 5.41) is 0.669. The predicted molar refractivity (Wildman–Crippen MR) is 122 cm³/mol. The van der Waals surface area contributed by atoms with E-state index in [4.69, 9.17) is 4.74 Å². The number of rotatable bonds is 6. The molecule has 0 aliphatic carbocycles. The van der Waals surface area contributed by atoms with Gasteiger partial charge in [0.05, 0.1) is 6.54 Å². The minimum absolute atomic E-state index is 0.231. The molecule has 1 heterocycles. The molecule has 1 amide bonds. The minimum atomic E-state index is -1.00. The molecule has 0 N–H and O–H groups in total. The van der Waals surface area contributed by atoms with Gasteiger partial charge in [-0.25, -0.2) is 18.0 Å². The number of amides is 1. The summed E-state index contributed by atoms with van der Waals surface area (Å²) in [6, 6.07) is 15.2. The Morgan fingerprint density at radius 3 is 2.36 bits per heavy atom. The van der Waals surface area contributed by atoms with Crippen LogP contribution in [0.2, 0.25) is 0 Å². The van der Waals surface area contributed by atoms with Gasteiger partial charge in [0.25, 0.3) is 0 Å². The Morgan fingerprint density at radius 1 is 0.909 bits per heavy atom. The number of hydrogen-bond donors (Lipinski definition) is 0. The van der Waals surface area contributed by atoms with Gasteiger partial charge in [0.2, 0.25) is 0 Å². The molecule has 0 saturated heterocycles. The van der Waals surface area contributed by atoms with E-state index < -0.39 is 17.7 Å². The summed E-state index contributed by atoms with van der Waals surface area (Å²) < 4.78 is 49.4. The molecular weight excluding hydrogens is 429 g/mol. The molecule has 170 valence electrons. The lowest BCUT2D eigenvalue weighted by Gasteiger charge is -2.20. The Morgan fingerprint density at radius 2 is 1.67 bits per heavy atom. The maximum absolute atomic E-state index is 14.2. The van der Waals surface area contributed by atoms with Gasteiger partial charge in [0, 0.05) is 41.3 Å². The molecule has 0 spiro atoms. The topological polar surface area (TPSA) is 34.5 Å². The Balaban J connectivity index is 1.84. The summed E-state index contributed by atoms with van der Waals surface area (Å²) in [5.41, 5.74) is 2.08. The average molecular weight is 452 g/mol. The van der Waals surface area contributed by atoms with Gasteiger partial charge in [0.15, 0.2) is 11.6 Å². The summed E-state index contributed by atoms with van der Waals surface area (Å²) in [5.74, 6) is -2.06. The molecule has 0 aliphatic heterocycles. The number of hydrogen-bond acceptors (Lipinski definition) is 2. The largest absolute Gasteiger partial charge is 0.415 e. The van der Waals surface area contributed by atoms with Crippen molar-refractivity contribution >= 4 is 17.0 Å². The minimum Gasteiger partial charge on any atom is -0.410 e. The Labute approximate surface area is 189 Å². The molecular formula is C26H23F3N2O2. The van der Waals surface area contributed by atoms with Crippen molar-refractivity contribution in [1.82, 2.24) is 9.47 Å². The van der Waals surface area contributed by atoms with Crippen LogP contribution in [0.4, 0.5) is 18.0 Å². The highest BCUT2D eigenvalue weighted by atomic mass is 19.2. The molecule has 3 aromatic carbocycles. The van der Waals surface area contributed by atoms with Gasteiger partial charge < -0.3 is 14.2 Å². The molecule has 0 atom stereocenters. The van der Waals surface area contributed by atoms with Crippen LogP contribution in [-0.4, -0.2) is 28.6 Å². The SMILES string of the molecule is CCN(CC)C(=O)Oc1ccc2c(ccn2Cc2ccccc2F)c1-c1ccc(F)c(F)c1. The summed E-state index contributed by atoms with van der Waals surface area (Å²) in [6.07, 6.45) is 1.25. The van der Waals surface area contributed by atoms with Crippen LogP contribution < -0.4 is 4.74 Å².